The highest BCUT2D eigenvalue weighted by Crippen LogP contribution is 2.43. The zero-order valence-electron chi connectivity index (χ0n) is 12.2. The molecule has 1 aliphatic rings. The monoisotopic (exact) mass is 278 g/mol. The van der Waals surface area contributed by atoms with E-state index in [1.807, 2.05) is 6.07 Å². The molecule has 0 amide bonds. The minimum atomic E-state index is -1.83. The van der Waals surface area contributed by atoms with Crippen molar-refractivity contribution in [3.8, 4) is 5.75 Å². The van der Waals surface area contributed by atoms with E-state index in [2.05, 4.69) is 38.1 Å². The van der Waals surface area contributed by atoms with Crippen molar-refractivity contribution in [3.05, 3.63) is 41.5 Å². The predicted octanol–water partition coefficient (Wildman–Crippen LogP) is 4.31. The van der Waals surface area contributed by atoms with Crippen molar-refractivity contribution in [1.29, 1.82) is 0 Å². The van der Waals surface area contributed by atoms with Gasteiger partial charge < -0.3 is 14.9 Å². The number of hydrogen-bond acceptors (Lipinski definition) is 2. The third kappa shape index (κ3) is 3.76. The van der Waals surface area contributed by atoms with Gasteiger partial charge in [-0.1, -0.05) is 36.8 Å². The molecule has 1 unspecified atom stereocenters. The molecule has 0 bridgehead atoms. The fourth-order valence-electron chi connectivity index (χ4n) is 2.64. The quantitative estimate of drug-likeness (QED) is 0.791. The average Bonchev–Trinajstić information content (AvgIpc) is 2.41. The lowest BCUT2D eigenvalue weighted by atomic mass is 9.69. The summed E-state index contributed by atoms with van der Waals surface area (Å²) in [6.07, 6.45) is 4.24. The third-order valence-corrected chi connectivity index (χ3v) is 3.90. The molecule has 1 aromatic rings. The zero-order valence-corrected chi connectivity index (χ0v) is 12.2. The van der Waals surface area contributed by atoms with Crippen molar-refractivity contribution in [2.75, 3.05) is 7.11 Å². The van der Waals surface area contributed by atoms with Gasteiger partial charge in [0.25, 0.3) is 0 Å². The molecule has 0 spiro atoms. The number of para-hydroxylation sites is 1. The van der Waals surface area contributed by atoms with Crippen LogP contribution < -0.4 is 4.74 Å². The van der Waals surface area contributed by atoms with Gasteiger partial charge in [0.05, 0.1) is 7.11 Å². The standard InChI is InChI=1S/C15H20O.CH2O3/c1-12-8-6-7-11-15(12,2)13-9-4-5-10-14(13)16-3;2-1(3)4/h4-5,8-10H,6-7,11H2,1-3H3;(H2,2,3,4). The van der Waals surface area contributed by atoms with E-state index in [0.717, 1.165) is 5.75 Å². The van der Waals surface area contributed by atoms with Gasteiger partial charge in [-0.15, -0.1) is 0 Å². The number of ether oxygens (including phenoxy) is 1. The number of carbonyl (C=O) groups is 1. The van der Waals surface area contributed by atoms with Gasteiger partial charge in [0.2, 0.25) is 0 Å². The lowest BCUT2D eigenvalue weighted by Crippen LogP contribution is -2.26. The number of carboxylic acid groups (broad SMARTS) is 2. The number of methoxy groups -OCH3 is 1. The van der Waals surface area contributed by atoms with Gasteiger partial charge in [0.1, 0.15) is 5.75 Å². The van der Waals surface area contributed by atoms with Crippen LogP contribution in [0.15, 0.2) is 35.9 Å². The van der Waals surface area contributed by atoms with Gasteiger partial charge in [0.15, 0.2) is 0 Å². The van der Waals surface area contributed by atoms with Crippen LogP contribution in [-0.2, 0) is 5.41 Å². The summed E-state index contributed by atoms with van der Waals surface area (Å²) in [5.74, 6) is 1.01. The second-order valence-corrected chi connectivity index (χ2v) is 5.09. The van der Waals surface area contributed by atoms with Gasteiger partial charge in [-0.2, -0.15) is 0 Å². The fraction of sp³-hybridized carbons (Fsp3) is 0.438. The van der Waals surface area contributed by atoms with Crippen LogP contribution in [0.1, 0.15) is 38.7 Å². The summed E-state index contributed by atoms with van der Waals surface area (Å²) in [6.45, 7) is 4.57. The van der Waals surface area contributed by atoms with Crippen LogP contribution in [0.25, 0.3) is 0 Å². The molecule has 0 aromatic heterocycles. The van der Waals surface area contributed by atoms with Crippen LogP contribution in [-0.4, -0.2) is 23.5 Å². The third-order valence-electron chi connectivity index (χ3n) is 3.90. The van der Waals surface area contributed by atoms with Gasteiger partial charge in [-0.25, -0.2) is 4.79 Å². The molecule has 1 aromatic carbocycles. The first-order valence-electron chi connectivity index (χ1n) is 6.64. The van der Waals surface area contributed by atoms with Crippen molar-refractivity contribution in [2.24, 2.45) is 0 Å². The molecule has 0 heterocycles. The van der Waals surface area contributed by atoms with Crippen LogP contribution >= 0.6 is 0 Å². The van der Waals surface area contributed by atoms with E-state index in [-0.39, 0.29) is 5.41 Å². The molecule has 0 fully saturated rings. The Morgan fingerprint density at radius 2 is 1.90 bits per heavy atom. The highest BCUT2D eigenvalue weighted by molar-refractivity contribution is 5.53. The largest absolute Gasteiger partial charge is 0.503 e. The molecule has 110 valence electrons. The molecule has 2 N–H and O–H groups in total. The number of allylic oxidation sites excluding steroid dienone is 2. The van der Waals surface area contributed by atoms with Crippen LogP contribution in [0.5, 0.6) is 5.75 Å². The Morgan fingerprint density at radius 1 is 1.30 bits per heavy atom. The normalized spacial score (nSPS) is 21.2. The molecule has 20 heavy (non-hydrogen) atoms. The minimum Gasteiger partial charge on any atom is -0.496 e. The molecular weight excluding hydrogens is 256 g/mol. The molecule has 1 aliphatic carbocycles. The summed E-state index contributed by atoms with van der Waals surface area (Å²) >= 11 is 0. The maximum Gasteiger partial charge on any atom is 0.503 e. The first-order chi connectivity index (χ1) is 9.41. The Labute approximate surface area is 119 Å². The molecule has 4 heteroatoms. The summed E-state index contributed by atoms with van der Waals surface area (Å²) in [6, 6.07) is 8.39. The Hall–Kier alpha value is -1.97. The van der Waals surface area contributed by atoms with Crippen molar-refractivity contribution >= 4 is 6.16 Å². The van der Waals surface area contributed by atoms with Crippen molar-refractivity contribution in [1.82, 2.24) is 0 Å². The number of rotatable bonds is 2. The fourth-order valence-corrected chi connectivity index (χ4v) is 2.64. The van der Waals surface area contributed by atoms with E-state index in [0.29, 0.717) is 0 Å². The van der Waals surface area contributed by atoms with E-state index in [1.54, 1.807) is 7.11 Å². The Kier molecular flexibility index (Phi) is 5.62. The van der Waals surface area contributed by atoms with Crippen molar-refractivity contribution in [3.63, 3.8) is 0 Å². The Balaban J connectivity index is 0.000000444. The molecule has 0 saturated carbocycles. The van der Waals surface area contributed by atoms with E-state index in [1.165, 1.54) is 30.4 Å². The summed E-state index contributed by atoms with van der Waals surface area (Å²) < 4.78 is 5.48. The van der Waals surface area contributed by atoms with Crippen LogP contribution in [0, 0.1) is 0 Å². The van der Waals surface area contributed by atoms with E-state index < -0.39 is 6.16 Å². The van der Waals surface area contributed by atoms with Crippen molar-refractivity contribution in [2.45, 2.75) is 38.5 Å². The van der Waals surface area contributed by atoms with E-state index >= 15 is 0 Å². The molecular formula is C16H22O4. The van der Waals surface area contributed by atoms with Gasteiger partial charge >= 0.3 is 6.16 Å². The summed E-state index contributed by atoms with van der Waals surface area (Å²) in [5.41, 5.74) is 2.96. The Morgan fingerprint density at radius 3 is 2.45 bits per heavy atom. The highest BCUT2D eigenvalue weighted by Gasteiger charge is 2.32. The summed E-state index contributed by atoms with van der Waals surface area (Å²) in [7, 11) is 1.75. The number of hydrogen-bond donors (Lipinski definition) is 2. The first kappa shape index (κ1) is 16.1. The molecule has 0 saturated heterocycles. The minimum absolute atomic E-state index is 0.158. The second-order valence-electron chi connectivity index (χ2n) is 5.09. The van der Waals surface area contributed by atoms with Crippen LogP contribution in [0.3, 0.4) is 0 Å². The maximum absolute atomic E-state index is 8.56. The molecule has 0 aliphatic heterocycles. The average molecular weight is 278 g/mol. The highest BCUT2D eigenvalue weighted by atomic mass is 16.6. The van der Waals surface area contributed by atoms with E-state index in [4.69, 9.17) is 19.7 Å². The lowest BCUT2D eigenvalue weighted by Gasteiger charge is -2.35. The second kappa shape index (κ2) is 6.98. The topological polar surface area (TPSA) is 66.8 Å². The van der Waals surface area contributed by atoms with Crippen LogP contribution in [0.2, 0.25) is 0 Å². The maximum atomic E-state index is 8.56. The molecule has 0 radical (unpaired) electrons. The molecule has 1 atom stereocenters. The van der Waals surface area contributed by atoms with Crippen LogP contribution in [0.4, 0.5) is 4.79 Å². The Bertz CT molecular complexity index is 489. The number of benzene rings is 1. The van der Waals surface area contributed by atoms with Gasteiger partial charge in [0, 0.05) is 11.0 Å². The lowest BCUT2D eigenvalue weighted by molar-refractivity contribution is 0.137. The van der Waals surface area contributed by atoms with Gasteiger partial charge in [-0.3, -0.25) is 0 Å². The zero-order chi connectivity index (χ0) is 15.2. The SMILES string of the molecule is COc1ccccc1C1(C)CCCC=C1C.O=C(O)O. The molecule has 4 nitrogen and oxygen atoms in total. The summed E-state index contributed by atoms with van der Waals surface area (Å²) in [5, 5.41) is 13.9. The predicted molar refractivity (Wildman–Crippen MR) is 78.6 cm³/mol. The van der Waals surface area contributed by atoms with E-state index in [9.17, 15) is 0 Å². The summed E-state index contributed by atoms with van der Waals surface area (Å²) in [4.78, 5) is 8.56. The molecule has 2 rings (SSSR count). The smallest absolute Gasteiger partial charge is 0.496 e. The first-order valence-corrected chi connectivity index (χ1v) is 6.64. The van der Waals surface area contributed by atoms with Crippen molar-refractivity contribution < 1.29 is 19.7 Å². The van der Waals surface area contributed by atoms with Gasteiger partial charge in [-0.05, 0) is 32.3 Å².